The van der Waals surface area contributed by atoms with Crippen molar-refractivity contribution in [2.75, 3.05) is 19.7 Å². The van der Waals surface area contributed by atoms with Gasteiger partial charge in [-0.2, -0.15) is 11.3 Å². The summed E-state index contributed by atoms with van der Waals surface area (Å²) in [5.74, 6) is -0.704. The Hall–Kier alpha value is -1.40. The van der Waals surface area contributed by atoms with Crippen LogP contribution in [-0.4, -0.2) is 47.7 Å². The molecule has 5 nitrogen and oxygen atoms in total. The molecule has 2 saturated heterocycles. The van der Waals surface area contributed by atoms with Gasteiger partial charge in [-0.3, -0.25) is 9.59 Å². The van der Waals surface area contributed by atoms with Crippen LogP contribution in [0.2, 0.25) is 0 Å². The van der Waals surface area contributed by atoms with Gasteiger partial charge in [0.15, 0.2) is 0 Å². The van der Waals surface area contributed by atoms with Crippen LogP contribution in [0.15, 0.2) is 16.8 Å². The molecule has 0 aliphatic carbocycles. The molecule has 2 atom stereocenters. The van der Waals surface area contributed by atoms with Crippen molar-refractivity contribution in [2.45, 2.75) is 31.8 Å². The molecule has 2 fully saturated rings. The molecular weight excluding hydrogens is 302 g/mol. The lowest BCUT2D eigenvalue weighted by Crippen LogP contribution is -2.43. The van der Waals surface area contributed by atoms with Gasteiger partial charge in [0.1, 0.15) is 0 Å². The quantitative estimate of drug-likeness (QED) is 0.920. The van der Waals surface area contributed by atoms with E-state index in [-0.39, 0.29) is 23.8 Å². The van der Waals surface area contributed by atoms with Crippen LogP contribution in [0.4, 0.5) is 0 Å². The smallest absolute Gasteiger partial charge is 0.309 e. The molecule has 1 amide bonds. The Balaban J connectivity index is 1.52. The standard InChI is InChI=1S/C16H21NO4S/c18-14(9-11-4-8-22-10-11)17-5-1-12(2-6-17)15-13(16(19)20)3-7-21-15/h4,8,10,12-13,15H,1-3,5-7,9H2,(H,19,20)/t13?,15-/m0/s1. The maximum Gasteiger partial charge on any atom is 0.309 e. The highest BCUT2D eigenvalue weighted by Crippen LogP contribution is 2.33. The summed E-state index contributed by atoms with van der Waals surface area (Å²) in [6, 6.07) is 1.99. The highest BCUT2D eigenvalue weighted by atomic mass is 32.1. The number of carboxylic acid groups (broad SMARTS) is 1. The summed E-state index contributed by atoms with van der Waals surface area (Å²) in [7, 11) is 0. The normalized spacial score (nSPS) is 26.3. The SMILES string of the molecule is O=C(O)C1CCO[C@H]1C1CCN(C(=O)Cc2ccsc2)CC1. The van der Waals surface area contributed by atoms with E-state index in [0.717, 1.165) is 18.4 Å². The Kier molecular flexibility index (Phi) is 4.78. The molecule has 6 heteroatoms. The molecule has 1 aromatic heterocycles. The number of likely N-dealkylation sites (tertiary alicyclic amines) is 1. The van der Waals surface area contributed by atoms with Crippen LogP contribution >= 0.6 is 11.3 Å². The number of piperidine rings is 1. The van der Waals surface area contributed by atoms with Crippen LogP contribution in [0.25, 0.3) is 0 Å². The van der Waals surface area contributed by atoms with Crippen LogP contribution in [0.1, 0.15) is 24.8 Å². The Morgan fingerprint density at radius 2 is 2.09 bits per heavy atom. The average molecular weight is 323 g/mol. The summed E-state index contributed by atoms with van der Waals surface area (Å²) >= 11 is 1.61. The van der Waals surface area contributed by atoms with E-state index in [9.17, 15) is 14.7 Å². The van der Waals surface area contributed by atoms with Gasteiger partial charge in [0, 0.05) is 19.7 Å². The minimum Gasteiger partial charge on any atom is -0.481 e. The number of nitrogens with zero attached hydrogens (tertiary/aromatic N) is 1. The predicted octanol–water partition coefficient (Wildman–Crippen LogP) is 2.02. The minimum absolute atomic E-state index is 0.166. The molecule has 120 valence electrons. The highest BCUT2D eigenvalue weighted by Gasteiger charge is 2.40. The van der Waals surface area contributed by atoms with Crippen molar-refractivity contribution in [2.24, 2.45) is 11.8 Å². The summed E-state index contributed by atoms with van der Waals surface area (Å²) in [6.45, 7) is 1.96. The average Bonchev–Trinajstić information content (AvgIpc) is 3.18. The van der Waals surface area contributed by atoms with E-state index in [1.807, 2.05) is 21.7 Å². The predicted molar refractivity (Wildman–Crippen MR) is 82.8 cm³/mol. The van der Waals surface area contributed by atoms with Crippen LogP contribution < -0.4 is 0 Å². The molecule has 0 radical (unpaired) electrons. The molecule has 1 unspecified atom stereocenters. The molecule has 1 aromatic rings. The van der Waals surface area contributed by atoms with E-state index in [1.165, 1.54) is 0 Å². The molecule has 0 aromatic carbocycles. The minimum atomic E-state index is -0.751. The van der Waals surface area contributed by atoms with E-state index in [4.69, 9.17) is 4.74 Å². The van der Waals surface area contributed by atoms with Crippen LogP contribution in [0, 0.1) is 11.8 Å². The monoisotopic (exact) mass is 323 g/mol. The number of carboxylic acids is 1. The van der Waals surface area contributed by atoms with Crippen molar-refractivity contribution in [3.63, 3.8) is 0 Å². The number of thiophene rings is 1. The molecular formula is C16H21NO4S. The van der Waals surface area contributed by atoms with E-state index < -0.39 is 5.97 Å². The number of carbonyl (C=O) groups excluding carboxylic acids is 1. The zero-order valence-corrected chi connectivity index (χ0v) is 13.3. The first kappa shape index (κ1) is 15.5. The Bertz CT molecular complexity index is 522. The van der Waals surface area contributed by atoms with E-state index in [1.54, 1.807) is 11.3 Å². The second kappa shape index (κ2) is 6.79. The molecule has 1 N–H and O–H groups in total. The number of rotatable bonds is 4. The molecule has 2 aliphatic heterocycles. The first-order valence-electron chi connectivity index (χ1n) is 7.78. The summed E-state index contributed by atoms with van der Waals surface area (Å²) in [6.07, 6.45) is 2.57. The van der Waals surface area contributed by atoms with Gasteiger partial charge in [-0.05, 0) is 47.6 Å². The lowest BCUT2D eigenvalue weighted by Gasteiger charge is -2.35. The Morgan fingerprint density at radius 1 is 1.32 bits per heavy atom. The summed E-state index contributed by atoms with van der Waals surface area (Å²) in [5.41, 5.74) is 1.07. The first-order chi connectivity index (χ1) is 10.6. The van der Waals surface area contributed by atoms with E-state index in [0.29, 0.717) is 32.5 Å². The number of hydrogen-bond donors (Lipinski definition) is 1. The van der Waals surface area contributed by atoms with Crippen LogP contribution in [-0.2, 0) is 20.7 Å². The van der Waals surface area contributed by atoms with Crippen molar-refractivity contribution in [3.05, 3.63) is 22.4 Å². The van der Waals surface area contributed by atoms with Crippen molar-refractivity contribution in [1.29, 1.82) is 0 Å². The molecule has 2 aliphatic rings. The maximum atomic E-state index is 12.3. The summed E-state index contributed by atoms with van der Waals surface area (Å²) in [4.78, 5) is 25.4. The van der Waals surface area contributed by atoms with E-state index in [2.05, 4.69) is 0 Å². The van der Waals surface area contributed by atoms with Crippen LogP contribution in [0.5, 0.6) is 0 Å². The highest BCUT2D eigenvalue weighted by molar-refractivity contribution is 7.07. The van der Waals surface area contributed by atoms with Gasteiger partial charge < -0.3 is 14.7 Å². The van der Waals surface area contributed by atoms with Gasteiger partial charge in [0.2, 0.25) is 5.91 Å². The van der Waals surface area contributed by atoms with Gasteiger partial charge in [-0.1, -0.05) is 0 Å². The zero-order valence-electron chi connectivity index (χ0n) is 12.4. The Labute approximate surface area is 133 Å². The number of amides is 1. The lowest BCUT2D eigenvalue weighted by atomic mass is 9.84. The van der Waals surface area contributed by atoms with Gasteiger partial charge >= 0.3 is 5.97 Å². The third-order valence-corrected chi connectivity index (χ3v) is 5.48. The second-order valence-corrected chi connectivity index (χ2v) is 6.88. The second-order valence-electron chi connectivity index (χ2n) is 6.10. The summed E-state index contributed by atoms with van der Waals surface area (Å²) in [5, 5.41) is 13.2. The van der Waals surface area contributed by atoms with Crippen molar-refractivity contribution < 1.29 is 19.4 Å². The molecule has 22 heavy (non-hydrogen) atoms. The van der Waals surface area contributed by atoms with Gasteiger partial charge in [-0.25, -0.2) is 0 Å². The van der Waals surface area contributed by atoms with Gasteiger partial charge in [0.25, 0.3) is 0 Å². The fourth-order valence-electron chi connectivity index (χ4n) is 3.50. The lowest BCUT2D eigenvalue weighted by molar-refractivity contribution is -0.145. The topological polar surface area (TPSA) is 66.8 Å². The van der Waals surface area contributed by atoms with Crippen molar-refractivity contribution >= 4 is 23.2 Å². The molecule has 0 bridgehead atoms. The largest absolute Gasteiger partial charge is 0.481 e. The molecule has 3 heterocycles. The third kappa shape index (κ3) is 3.33. The molecule has 0 saturated carbocycles. The number of hydrogen-bond acceptors (Lipinski definition) is 4. The molecule has 3 rings (SSSR count). The Morgan fingerprint density at radius 3 is 2.73 bits per heavy atom. The fourth-order valence-corrected chi connectivity index (χ4v) is 4.17. The number of aliphatic carboxylic acids is 1. The van der Waals surface area contributed by atoms with Crippen molar-refractivity contribution in [3.8, 4) is 0 Å². The number of carbonyl (C=O) groups is 2. The third-order valence-electron chi connectivity index (χ3n) is 4.75. The van der Waals surface area contributed by atoms with Crippen LogP contribution in [0.3, 0.4) is 0 Å². The zero-order chi connectivity index (χ0) is 15.5. The summed E-state index contributed by atoms with van der Waals surface area (Å²) < 4.78 is 5.66. The van der Waals surface area contributed by atoms with Crippen molar-refractivity contribution in [1.82, 2.24) is 4.90 Å². The first-order valence-corrected chi connectivity index (χ1v) is 8.72. The van der Waals surface area contributed by atoms with E-state index >= 15 is 0 Å². The molecule has 0 spiro atoms. The van der Waals surface area contributed by atoms with Gasteiger partial charge in [0.05, 0.1) is 18.4 Å². The number of ether oxygens (including phenoxy) is 1. The maximum absolute atomic E-state index is 12.3. The van der Waals surface area contributed by atoms with Gasteiger partial charge in [-0.15, -0.1) is 0 Å². The fraction of sp³-hybridized carbons (Fsp3) is 0.625.